The number of hydrogen-bond donors (Lipinski definition) is 5. The fourth-order valence-electron chi connectivity index (χ4n) is 1.98. The van der Waals surface area contributed by atoms with Crippen LogP contribution in [0.4, 0.5) is 0 Å². The van der Waals surface area contributed by atoms with Crippen LogP contribution >= 0.6 is 0 Å². The summed E-state index contributed by atoms with van der Waals surface area (Å²) in [4.78, 5) is 10.9. The number of aliphatic hydroxyl groups excluding tert-OH is 4. The number of unbranched alkanes of at least 4 members (excludes halogenated alkanes) is 2. The van der Waals surface area contributed by atoms with Crippen LogP contribution in [0.3, 0.4) is 0 Å². The lowest BCUT2D eigenvalue weighted by molar-refractivity contribution is -0.117. The number of carbonyl (C=O) groups excluding carboxylic acids is 1. The lowest BCUT2D eigenvalue weighted by atomic mass is 10.1. The Kier molecular flexibility index (Phi) is 15.5. The van der Waals surface area contributed by atoms with Gasteiger partial charge in [0.05, 0.1) is 45.7 Å². The molecule has 0 fully saturated rings. The minimum atomic E-state index is -0.642. The molecule has 0 unspecified atom stereocenters. The largest absolute Gasteiger partial charge is 0.394 e. The summed E-state index contributed by atoms with van der Waals surface area (Å²) >= 11 is 0. The number of aliphatic hydroxyl groups is 4. The Labute approximate surface area is 143 Å². The van der Waals surface area contributed by atoms with E-state index in [2.05, 4.69) is 5.32 Å². The maximum atomic E-state index is 10.9. The van der Waals surface area contributed by atoms with Gasteiger partial charge in [0, 0.05) is 6.42 Å². The molecule has 5 N–H and O–H groups in total. The van der Waals surface area contributed by atoms with Gasteiger partial charge in [-0.05, 0) is 26.3 Å². The Morgan fingerprint density at radius 2 is 1.38 bits per heavy atom. The molecule has 0 heterocycles. The van der Waals surface area contributed by atoms with Gasteiger partial charge in [0.1, 0.15) is 18.0 Å². The summed E-state index contributed by atoms with van der Waals surface area (Å²) in [5, 5.41) is 39.3. The van der Waals surface area contributed by atoms with Gasteiger partial charge in [0.25, 0.3) is 0 Å². The molecule has 0 bridgehead atoms. The highest BCUT2D eigenvalue weighted by Gasteiger charge is 2.15. The number of ketones is 1. The molecule has 8 heteroatoms. The molecule has 144 valence electrons. The zero-order chi connectivity index (χ0) is 18.2. The Balaban J connectivity index is 4.12. The fraction of sp³-hybridized carbons (Fsp3) is 0.938. The molecule has 0 aromatic rings. The van der Waals surface area contributed by atoms with Gasteiger partial charge >= 0.3 is 0 Å². The van der Waals surface area contributed by atoms with Crippen LogP contribution in [-0.2, 0) is 14.3 Å². The number of Topliss-reactive ketones (excluding diaryl/α,β-unsaturated/α-hetero) is 1. The minimum absolute atomic E-state index is 0.195. The van der Waals surface area contributed by atoms with Crippen molar-refractivity contribution < 1.29 is 34.7 Å². The molecule has 0 aromatic carbocycles. The molecule has 0 aliphatic heterocycles. The maximum absolute atomic E-state index is 10.9. The van der Waals surface area contributed by atoms with Crippen LogP contribution in [-0.4, -0.2) is 90.6 Å². The average Bonchev–Trinajstić information content (AvgIpc) is 2.58. The van der Waals surface area contributed by atoms with Gasteiger partial charge in [0.2, 0.25) is 0 Å². The van der Waals surface area contributed by atoms with Crippen LogP contribution in [0, 0.1) is 0 Å². The lowest BCUT2D eigenvalue weighted by Gasteiger charge is -2.23. The molecule has 0 saturated carbocycles. The normalized spacial score (nSPS) is 11.8. The minimum Gasteiger partial charge on any atom is -0.394 e. The van der Waals surface area contributed by atoms with Gasteiger partial charge in [-0.25, -0.2) is 0 Å². The second kappa shape index (κ2) is 15.9. The molecule has 0 aliphatic carbocycles. The Morgan fingerprint density at radius 1 is 0.875 bits per heavy atom. The highest BCUT2D eigenvalue weighted by Crippen LogP contribution is 2.01. The lowest BCUT2D eigenvalue weighted by Crippen LogP contribution is -2.42. The molecule has 0 atom stereocenters. The zero-order valence-electron chi connectivity index (χ0n) is 14.5. The second-order valence-corrected chi connectivity index (χ2v) is 5.80. The van der Waals surface area contributed by atoms with Crippen molar-refractivity contribution in [3.05, 3.63) is 0 Å². The first-order chi connectivity index (χ1) is 11.6. The van der Waals surface area contributed by atoms with E-state index >= 15 is 0 Å². The summed E-state index contributed by atoms with van der Waals surface area (Å²) in [6.45, 7) is 1.65. The highest BCUT2D eigenvalue weighted by atomic mass is 16.5. The summed E-state index contributed by atoms with van der Waals surface area (Å²) in [6.07, 6.45) is 2.01. The molecule has 0 aliphatic rings. The number of carbonyl (C=O) groups is 1. The first-order valence-corrected chi connectivity index (χ1v) is 8.46. The third-order valence-corrected chi connectivity index (χ3v) is 3.52. The van der Waals surface area contributed by atoms with E-state index < -0.39 is 12.2 Å². The quantitative estimate of drug-likeness (QED) is 0.207. The molecule has 0 saturated heterocycles. The van der Waals surface area contributed by atoms with E-state index in [4.69, 9.17) is 29.9 Å². The molecule has 0 rings (SSSR count). The smallest absolute Gasteiger partial charge is 0.129 e. The first-order valence-electron chi connectivity index (χ1n) is 8.46. The second-order valence-electron chi connectivity index (χ2n) is 5.80. The predicted octanol–water partition coefficient (Wildman–Crippen LogP) is -1.17. The SMILES string of the molecule is CC(=O)CCCCCNC(COC(CO)CO)COC(CO)CO. The summed E-state index contributed by atoms with van der Waals surface area (Å²) < 4.78 is 10.8. The summed E-state index contributed by atoms with van der Waals surface area (Å²) in [5.41, 5.74) is 0. The monoisotopic (exact) mass is 351 g/mol. The number of rotatable bonds is 17. The van der Waals surface area contributed by atoms with Gasteiger partial charge in [-0.3, -0.25) is 0 Å². The van der Waals surface area contributed by atoms with Crippen LogP contribution in [0.1, 0.15) is 32.6 Å². The Bertz CT molecular complexity index is 280. The standard InChI is InChI=1S/C16H33NO7/c1-13(22)5-3-2-4-6-17-14(11-23-15(7-18)8-19)12-24-16(9-20)10-21/h14-21H,2-12H2,1H3. The van der Waals surface area contributed by atoms with Gasteiger partial charge in [0.15, 0.2) is 0 Å². The van der Waals surface area contributed by atoms with Crippen molar-refractivity contribution in [3.63, 3.8) is 0 Å². The van der Waals surface area contributed by atoms with E-state index in [0.29, 0.717) is 13.0 Å². The fourth-order valence-corrected chi connectivity index (χ4v) is 1.98. The van der Waals surface area contributed by atoms with E-state index in [1.165, 1.54) is 0 Å². The van der Waals surface area contributed by atoms with E-state index in [1.807, 2.05) is 0 Å². The van der Waals surface area contributed by atoms with Gasteiger partial charge in [-0.15, -0.1) is 0 Å². The molecule has 0 spiro atoms. The highest BCUT2D eigenvalue weighted by molar-refractivity contribution is 5.75. The average molecular weight is 351 g/mol. The molecule has 0 amide bonds. The van der Waals surface area contributed by atoms with Crippen LogP contribution in [0.5, 0.6) is 0 Å². The summed E-state index contributed by atoms with van der Waals surface area (Å²) in [7, 11) is 0. The van der Waals surface area contributed by atoms with E-state index in [9.17, 15) is 4.79 Å². The van der Waals surface area contributed by atoms with E-state index in [-0.39, 0.29) is 51.5 Å². The molecule has 0 aromatic heterocycles. The van der Waals surface area contributed by atoms with Crippen LogP contribution in [0.15, 0.2) is 0 Å². The van der Waals surface area contributed by atoms with Crippen LogP contribution < -0.4 is 5.32 Å². The van der Waals surface area contributed by atoms with Gasteiger partial charge in [-0.2, -0.15) is 0 Å². The zero-order valence-corrected chi connectivity index (χ0v) is 14.5. The molecule has 8 nitrogen and oxygen atoms in total. The van der Waals surface area contributed by atoms with Crippen molar-refractivity contribution in [3.8, 4) is 0 Å². The topological polar surface area (TPSA) is 128 Å². The van der Waals surface area contributed by atoms with Crippen molar-refractivity contribution in [1.29, 1.82) is 0 Å². The van der Waals surface area contributed by atoms with Crippen LogP contribution in [0.2, 0.25) is 0 Å². The Hall–Kier alpha value is -0.610. The Morgan fingerprint density at radius 3 is 1.79 bits per heavy atom. The van der Waals surface area contributed by atoms with E-state index in [1.54, 1.807) is 6.92 Å². The number of ether oxygens (including phenoxy) is 2. The summed E-state index contributed by atoms with van der Waals surface area (Å²) in [6, 6.07) is -0.195. The van der Waals surface area contributed by atoms with E-state index in [0.717, 1.165) is 19.3 Å². The van der Waals surface area contributed by atoms with Crippen molar-refractivity contribution in [2.75, 3.05) is 46.2 Å². The molecule has 0 radical (unpaired) electrons. The van der Waals surface area contributed by atoms with Gasteiger partial charge in [-0.1, -0.05) is 6.42 Å². The molecular weight excluding hydrogens is 318 g/mol. The van der Waals surface area contributed by atoms with Crippen molar-refractivity contribution in [2.24, 2.45) is 0 Å². The predicted molar refractivity (Wildman–Crippen MR) is 88.8 cm³/mol. The summed E-state index contributed by atoms with van der Waals surface area (Å²) in [5.74, 6) is 0.195. The van der Waals surface area contributed by atoms with Crippen molar-refractivity contribution in [2.45, 2.75) is 50.9 Å². The third kappa shape index (κ3) is 12.8. The maximum Gasteiger partial charge on any atom is 0.129 e. The molecular formula is C16H33NO7. The first kappa shape index (κ1) is 23.4. The number of hydrogen-bond acceptors (Lipinski definition) is 8. The third-order valence-electron chi connectivity index (χ3n) is 3.52. The van der Waals surface area contributed by atoms with Crippen molar-refractivity contribution in [1.82, 2.24) is 5.32 Å². The van der Waals surface area contributed by atoms with Gasteiger partial charge < -0.3 is 40.0 Å². The number of nitrogens with one attached hydrogen (secondary N) is 1. The van der Waals surface area contributed by atoms with Crippen LogP contribution in [0.25, 0.3) is 0 Å². The molecule has 24 heavy (non-hydrogen) atoms. The van der Waals surface area contributed by atoms with Crippen molar-refractivity contribution >= 4 is 5.78 Å².